The minimum atomic E-state index is 0.395. The smallest absolute Gasteiger partial charge is 0.0596 e. The minimum Gasteiger partial charge on any atom is -0.380 e. The van der Waals surface area contributed by atoms with Crippen molar-refractivity contribution < 1.29 is 0 Å². The molecule has 1 N–H and O–H groups in total. The highest BCUT2D eigenvalue weighted by Crippen LogP contribution is 2.63. The van der Waals surface area contributed by atoms with E-state index in [1.807, 2.05) is 0 Å². The Morgan fingerprint density at radius 1 is 1.15 bits per heavy atom. The molecule has 0 saturated heterocycles. The molecule has 2 nitrogen and oxygen atoms in total. The summed E-state index contributed by atoms with van der Waals surface area (Å²) in [5, 5.41) is 3.91. The summed E-state index contributed by atoms with van der Waals surface area (Å²) in [5.74, 6) is 0.886. The fourth-order valence-electron chi connectivity index (χ4n) is 4.80. The Morgan fingerprint density at radius 2 is 1.85 bits per heavy atom. The molecule has 2 fully saturated rings. The van der Waals surface area contributed by atoms with Crippen molar-refractivity contribution in [3.63, 3.8) is 0 Å². The van der Waals surface area contributed by atoms with Gasteiger partial charge in [0, 0.05) is 20.1 Å². The van der Waals surface area contributed by atoms with Gasteiger partial charge in [-0.2, -0.15) is 0 Å². The third kappa shape index (κ3) is 1.92. The molecule has 3 rings (SSSR count). The van der Waals surface area contributed by atoms with Gasteiger partial charge >= 0.3 is 0 Å². The molecule has 0 spiro atoms. The van der Waals surface area contributed by atoms with Crippen molar-refractivity contribution in [2.75, 3.05) is 24.3 Å². The number of fused-ring (bicyclic) bond motifs is 2. The average molecular weight is 272 g/mol. The number of hydrogen-bond donors (Lipinski definition) is 1. The van der Waals surface area contributed by atoms with Crippen molar-refractivity contribution in [1.82, 2.24) is 0 Å². The molecule has 2 heteroatoms. The van der Waals surface area contributed by atoms with Crippen LogP contribution in [0, 0.1) is 16.7 Å². The van der Waals surface area contributed by atoms with Crippen LogP contribution < -0.4 is 10.2 Å². The Bertz CT molecular complexity index is 501. The highest BCUT2D eigenvalue weighted by atomic mass is 15.1. The molecule has 2 aliphatic carbocycles. The van der Waals surface area contributed by atoms with Crippen molar-refractivity contribution in [3.8, 4) is 0 Å². The zero-order chi connectivity index (χ0) is 14.5. The second-order valence-corrected chi connectivity index (χ2v) is 7.90. The van der Waals surface area contributed by atoms with Gasteiger partial charge in [-0.1, -0.05) is 32.9 Å². The van der Waals surface area contributed by atoms with E-state index in [1.165, 1.54) is 30.6 Å². The van der Waals surface area contributed by atoms with E-state index in [0.717, 1.165) is 5.92 Å². The average Bonchev–Trinajstić information content (AvgIpc) is 2.86. The maximum absolute atomic E-state index is 3.91. The van der Waals surface area contributed by atoms with Gasteiger partial charge in [-0.25, -0.2) is 0 Å². The quantitative estimate of drug-likeness (QED) is 0.878. The van der Waals surface area contributed by atoms with Crippen LogP contribution in [0.2, 0.25) is 0 Å². The number of rotatable bonds is 3. The summed E-state index contributed by atoms with van der Waals surface area (Å²) in [6, 6.07) is 9.26. The van der Waals surface area contributed by atoms with E-state index in [-0.39, 0.29) is 0 Å². The molecule has 0 heterocycles. The third-order valence-electron chi connectivity index (χ3n) is 5.96. The van der Waals surface area contributed by atoms with Crippen LogP contribution in [0.15, 0.2) is 24.3 Å². The molecule has 110 valence electrons. The highest BCUT2D eigenvalue weighted by molar-refractivity contribution is 5.70. The van der Waals surface area contributed by atoms with E-state index >= 15 is 0 Å². The molecule has 0 radical (unpaired) electrons. The summed E-state index contributed by atoms with van der Waals surface area (Å²) in [7, 11) is 4.24. The van der Waals surface area contributed by atoms with Crippen molar-refractivity contribution in [3.05, 3.63) is 24.3 Å². The lowest BCUT2D eigenvalue weighted by Gasteiger charge is -2.44. The molecule has 2 saturated carbocycles. The molecule has 0 aromatic heterocycles. The van der Waals surface area contributed by atoms with E-state index in [1.54, 1.807) is 0 Å². The molecule has 1 unspecified atom stereocenters. The topological polar surface area (TPSA) is 15.3 Å². The predicted octanol–water partition coefficient (Wildman–Crippen LogP) is 4.38. The van der Waals surface area contributed by atoms with Crippen LogP contribution in [-0.2, 0) is 0 Å². The summed E-state index contributed by atoms with van der Waals surface area (Å²) in [6.45, 7) is 7.40. The Balaban J connectivity index is 1.92. The summed E-state index contributed by atoms with van der Waals surface area (Å²) < 4.78 is 0. The highest BCUT2D eigenvalue weighted by Gasteiger charge is 2.59. The SMILES string of the molecule is CN(C)c1ccccc1NC1C(C)(C)[C@H]2CC[C@]1(C)C2. The molecule has 0 amide bonds. The molecule has 0 aliphatic heterocycles. The fourth-order valence-corrected chi connectivity index (χ4v) is 4.80. The van der Waals surface area contributed by atoms with Gasteiger partial charge in [-0.05, 0) is 48.1 Å². The van der Waals surface area contributed by atoms with E-state index in [0.29, 0.717) is 16.9 Å². The zero-order valence-corrected chi connectivity index (χ0v) is 13.5. The Labute approximate surface area is 123 Å². The number of benzene rings is 1. The molecule has 2 aliphatic rings. The van der Waals surface area contributed by atoms with Gasteiger partial charge in [-0.3, -0.25) is 0 Å². The van der Waals surface area contributed by atoms with E-state index in [9.17, 15) is 0 Å². The van der Waals surface area contributed by atoms with Crippen molar-refractivity contribution in [2.45, 2.75) is 46.1 Å². The molecular formula is C18H28N2. The first kappa shape index (κ1) is 13.8. The number of nitrogens with zero attached hydrogens (tertiary/aromatic N) is 1. The summed E-state index contributed by atoms with van der Waals surface area (Å²) in [6.07, 6.45) is 4.18. The normalized spacial score (nSPS) is 34.2. The summed E-state index contributed by atoms with van der Waals surface area (Å²) in [5.41, 5.74) is 3.43. The van der Waals surface area contributed by atoms with Crippen LogP contribution in [0.4, 0.5) is 11.4 Å². The molecule has 20 heavy (non-hydrogen) atoms. The van der Waals surface area contributed by atoms with Crippen LogP contribution in [-0.4, -0.2) is 20.1 Å². The Hall–Kier alpha value is -1.18. The zero-order valence-electron chi connectivity index (χ0n) is 13.5. The van der Waals surface area contributed by atoms with E-state index < -0.39 is 0 Å². The lowest BCUT2D eigenvalue weighted by molar-refractivity contribution is 0.155. The number of anilines is 2. The van der Waals surface area contributed by atoms with Crippen LogP contribution in [0.25, 0.3) is 0 Å². The first-order valence-electron chi connectivity index (χ1n) is 7.87. The van der Waals surface area contributed by atoms with Crippen LogP contribution in [0.5, 0.6) is 0 Å². The van der Waals surface area contributed by atoms with Gasteiger partial charge in [0.1, 0.15) is 0 Å². The molecule has 3 atom stereocenters. The van der Waals surface area contributed by atoms with Gasteiger partial charge in [0.2, 0.25) is 0 Å². The Morgan fingerprint density at radius 3 is 2.45 bits per heavy atom. The van der Waals surface area contributed by atoms with Gasteiger partial charge in [0.25, 0.3) is 0 Å². The lowest BCUT2D eigenvalue weighted by atomic mass is 9.68. The van der Waals surface area contributed by atoms with Gasteiger partial charge in [0.15, 0.2) is 0 Å². The number of para-hydroxylation sites is 2. The van der Waals surface area contributed by atoms with E-state index in [4.69, 9.17) is 0 Å². The second kappa shape index (κ2) is 4.41. The second-order valence-electron chi connectivity index (χ2n) is 7.90. The van der Waals surface area contributed by atoms with Gasteiger partial charge in [-0.15, -0.1) is 0 Å². The largest absolute Gasteiger partial charge is 0.380 e. The third-order valence-corrected chi connectivity index (χ3v) is 5.96. The minimum absolute atomic E-state index is 0.395. The van der Waals surface area contributed by atoms with Crippen LogP contribution in [0.3, 0.4) is 0 Å². The van der Waals surface area contributed by atoms with Crippen LogP contribution >= 0.6 is 0 Å². The molecule has 1 aromatic carbocycles. The molecular weight excluding hydrogens is 244 g/mol. The predicted molar refractivity (Wildman–Crippen MR) is 87.4 cm³/mol. The Kier molecular flexibility index (Phi) is 3.04. The number of nitrogens with one attached hydrogen (secondary N) is 1. The lowest BCUT2D eigenvalue weighted by Crippen LogP contribution is -2.46. The maximum Gasteiger partial charge on any atom is 0.0596 e. The van der Waals surface area contributed by atoms with Crippen molar-refractivity contribution in [2.24, 2.45) is 16.7 Å². The van der Waals surface area contributed by atoms with E-state index in [2.05, 4.69) is 69.3 Å². The standard InChI is InChI=1S/C18H28N2/c1-17(2)13-10-11-18(3,12-13)16(17)19-14-8-6-7-9-15(14)20(4)5/h6-9,13,16,19H,10-12H2,1-5H3/t13-,16?,18+/m0/s1. The van der Waals surface area contributed by atoms with Crippen molar-refractivity contribution >= 4 is 11.4 Å². The van der Waals surface area contributed by atoms with Gasteiger partial charge < -0.3 is 10.2 Å². The van der Waals surface area contributed by atoms with Gasteiger partial charge in [0.05, 0.1) is 11.4 Å². The first-order chi connectivity index (χ1) is 9.34. The van der Waals surface area contributed by atoms with Crippen molar-refractivity contribution in [1.29, 1.82) is 0 Å². The van der Waals surface area contributed by atoms with Crippen LogP contribution in [0.1, 0.15) is 40.0 Å². The monoisotopic (exact) mass is 272 g/mol. The summed E-state index contributed by atoms with van der Waals surface area (Å²) in [4.78, 5) is 2.20. The maximum atomic E-state index is 3.91. The fraction of sp³-hybridized carbons (Fsp3) is 0.667. The molecule has 2 bridgehead atoms. The first-order valence-corrected chi connectivity index (χ1v) is 7.87. The molecule has 1 aromatic rings. The number of hydrogen-bond acceptors (Lipinski definition) is 2. The summed E-state index contributed by atoms with van der Waals surface area (Å²) >= 11 is 0.